The van der Waals surface area contributed by atoms with Crippen molar-refractivity contribution < 1.29 is 9.53 Å². The smallest absolute Gasteiger partial charge is 0.346 e. The molecule has 0 fully saturated rings. The molecular weight excluding hydrogens is 352 g/mol. The van der Waals surface area contributed by atoms with Crippen LogP contribution in [0, 0.1) is 0 Å². The minimum atomic E-state index is -0.587. The highest BCUT2D eigenvalue weighted by Gasteiger charge is 2.10. The summed E-state index contributed by atoms with van der Waals surface area (Å²) in [5.74, 6) is 0.207. The number of hydrogen-bond acceptors (Lipinski definition) is 6. The Morgan fingerprint density at radius 3 is 2.85 bits per heavy atom. The van der Waals surface area contributed by atoms with Gasteiger partial charge in [-0.05, 0) is 54.3 Å². The van der Waals surface area contributed by atoms with E-state index in [1.165, 1.54) is 23.6 Å². The van der Waals surface area contributed by atoms with Gasteiger partial charge in [0.15, 0.2) is 0 Å². The van der Waals surface area contributed by atoms with Crippen LogP contribution in [0.15, 0.2) is 57.7 Å². The number of amides is 1. The molecule has 0 unspecified atom stereocenters. The highest BCUT2D eigenvalue weighted by Crippen LogP contribution is 2.21. The van der Waals surface area contributed by atoms with Crippen molar-refractivity contribution in [2.24, 2.45) is 5.10 Å². The molecule has 0 saturated carbocycles. The summed E-state index contributed by atoms with van der Waals surface area (Å²) in [5.41, 5.74) is 3.13. The number of hydrogen-bond donors (Lipinski definition) is 2. The zero-order chi connectivity index (χ0) is 18.4. The highest BCUT2D eigenvalue weighted by atomic mass is 32.1. The van der Waals surface area contributed by atoms with Crippen LogP contribution in [0.1, 0.15) is 23.0 Å². The maximum absolute atomic E-state index is 12.2. The van der Waals surface area contributed by atoms with Gasteiger partial charge >= 0.3 is 5.69 Å². The Morgan fingerprint density at radius 2 is 2.15 bits per heavy atom. The minimum absolute atomic E-state index is 0.000920. The number of carbonyl (C=O) groups excluding carboxylic acids is 1. The van der Waals surface area contributed by atoms with Gasteiger partial charge in [-0.1, -0.05) is 6.07 Å². The second-order valence-electron chi connectivity index (χ2n) is 5.16. The summed E-state index contributed by atoms with van der Waals surface area (Å²) in [7, 11) is 0. The maximum Gasteiger partial charge on any atom is 0.346 e. The van der Waals surface area contributed by atoms with Gasteiger partial charge in [0.25, 0.3) is 5.91 Å². The lowest BCUT2D eigenvalue weighted by Gasteiger charge is -2.03. The number of H-pyrrole nitrogens is 1. The molecule has 132 valence electrons. The molecule has 0 aliphatic rings. The molecule has 7 nitrogen and oxygen atoms in total. The minimum Gasteiger partial charge on any atom is -0.494 e. The number of hydrazone groups is 1. The topological polar surface area (TPSA) is 96.4 Å². The Balaban J connectivity index is 1.69. The molecule has 1 amide bonds. The third kappa shape index (κ3) is 4.42. The van der Waals surface area contributed by atoms with Crippen molar-refractivity contribution in [2.45, 2.75) is 6.92 Å². The molecule has 3 rings (SSSR count). The molecule has 1 aromatic carbocycles. The number of carbonyl (C=O) groups is 1. The fourth-order valence-electron chi connectivity index (χ4n) is 2.18. The molecule has 0 spiro atoms. The van der Waals surface area contributed by atoms with E-state index in [-0.39, 0.29) is 5.69 Å². The number of benzene rings is 1. The van der Waals surface area contributed by atoms with Crippen LogP contribution in [-0.2, 0) is 0 Å². The van der Waals surface area contributed by atoms with E-state index in [9.17, 15) is 9.59 Å². The van der Waals surface area contributed by atoms with E-state index in [1.807, 2.05) is 48.7 Å². The van der Waals surface area contributed by atoms with Crippen LogP contribution in [0.5, 0.6) is 5.75 Å². The molecule has 2 aromatic heterocycles. The van der Waals surface area contributed by atoms with Crippen LogP contribution in [0.4, 0.5) is 0 Å². The van der Waals surface area contributed by atoms with Crippen molar-refractivity contribution in [2.75, 3.05) is 6.61 Å². The predicted molar refractivity (Wildman–Crippen MR) is 101 cm³/mol. The zero-order valence-corrected chi connectivity index (χ0v) is 14.7. The molecule has 2 N–H and O–H groups in total. The Hall–Kier alpha value is -3.26. The second-order valence-corrected chi connectivity index (χ2v) is 6.11. The fourth-order valence-corrected chi connectivity index (χ4v) is 2.88. The van der Waals surface area contributed by atoms with Gasteiger partial charge < -0.3 is 9.72 Å². The number of rotatable bonds is 6. The summed E-state index contributed by atoms with van der Waals surface area (Å²) in [5, 5.41) is 5.78. The standard InChI is InChI=1S/C18H16N4O3S/c1-2-25-13-7-5-12(6-8-13)11-19-22-17(23)15-10-14(20-18(24)21-15)16-4-3-9-26-16/h3-11H,2H2,1H3,(H,22,23)(H,20,21,24)/b19-11+. The lowest BCUT2D eigenvalue weighted by Crippen LogP contribution is -2.24. The molecule has 0 aliphatic carbocycles. The molecule has 2 heterocycles. The third-order valence-electron chi connectivity index (χ3n) is 3.33. The molecule has 0 bridgehead atoms. The first-order chi connectivity index (χ1) is 12.7. The first-order valence-corrected chi connectivity index (χ1v) is 8.75. The van der Waals surface area contributed by atoms with Crippen molar-refractivity contribution in [1.82, 2.24) is 15.4 Å². The normalized spacial score (nSPS) is 10.8. The molecule has 0 radical (unpaired) electrons. The van der Waals surface area contributed by atoms with E-state index in [1.54, 1.807) is 0 Å². The molecule has 0 saturated heterocycles. The number of aromatic nitrogens is 2. The average molecular weight is 368 g/mol. The summed E-state index contributed by atoms with van der Waals surface area (Å²) in [6, 6.07) is 12.5. The summed E-state index contributed by atoms with van der Waals surface area (Å²) in [6.45, 7) is 2.51. The Labute approximate surface area is 153 Å². The van der Waals surface area contributed by atoms with Crippen LogP contribution in [0.25, 0.3) is 10.6 Å². The summed E-state index contributed by atoms with van der Waals surface area (Å²) >= 11 is 1.46. The van der Waals surface area contributed by atoms with E-state index in [0.717, 1.165) is 16.2 Å². The van der Waals surface area contributed by atoms with E-state index in [2.05, 4.69) is 20.5 Å². The summed E-state index contributed by atoms with van der Waals surface area (Å²) in [6.07, 6.45) is 1.50. The van der Waals surface area contributed by atoms with Crippen molar-refractivity contribution in [1.29, 1.82) is 0 Å². The Bertz CT molecular complexity index is 963. The van der Waals surface area contributed by atoms with Gasteiger partial charge in [-0.3, -0.25) is 4.79 Å². The van der Waals surface area contributed by atoms with Crippen molar-refractivity contribution >= 4 is 23.5 Å². The second kappa shape index (κ2) is 8.21. The highest BCUT2D eigenvalue weighted by molar-refractivity contribution is 7.13. The fraction of sp³-hybridized carbons (Fsp3) is 0.111. The average Bonchev–Trinajstić information content (AvgIpc) is 3.17. The maximum atomic E-state index is 12.2. The van der Waals surface area contributed by atoms with E-state index < -0.39 is 11.6 Å². The van der Waals surface area contributed by atoms with Gasteiger partial charge in [-0.25, -0.2) is 10.2 Å². The number of nitrogens with one attached hydrogen (secondary N) is 2. The number of aromatic amines is 1. The lowest BCUT2D eigenvalue weighted by molar-refractivity contribution is 0.0949. The first kappa shape index (κ1) is 17.6. The van der Waals surface area contributed by atoms with Crippen LogP contribution in [0.2, 0.25) is 0 Å². The summed E-state index contributed by atoms with van der Waals surface area (Å²) < 4.78 is 5.36. The first-order valence-electron chi connectivity index (χ1n) is 7.87. The van der Waals surface area contributed by atoms with Gasteiger partial charge in [0, 0.05) is 0 Å². The van der Waals surface area contributed by atoms with Gasteiger partial charge in [-0.15, -0.1) is 11.3 Å². The molecule has 0 atom stereocenters. The van der Waals surface area contributed by atoms with Crippen LogP contribution < -0.4 is 15.9 Å². The SMILES string of the molecule is CCOc1ccc(/C=N/NC(=O)c2cc(-c3cccs3)[nH]c(=O)n2)cc1. The van der Waals surface area contributed by atoms with Crippen molar-refractivity contribution in [3.63, 3.8) is 0 Å². The quantitative estimate of drug-likeness (QED) is 0.516. The molecule has 3 aromatic rings. The molecule has 0 aliphatic heterocycles. The number of thiophene rings is 1. The van der Waals surface area contributed by atoms with Crippen LogP contribution in [0.3, 0.4) is 0 Å². The van der Waals surface area contributed by atoms with Crippen LogP contribution in [-0.4, -0.2) is 28.7 Å². The van der Waals surface area contributed by atoms with E-state index >= 15 is 0 Å². The monoisotopic (exact) mass is 368 g/mol. The largest absolute Gasteiger partial charge is 0.494 e. The summed E-state index contributed by atoms with van der Waals surface area (Å²) in [4.78, 5) is 31.0. The van der Waals surface area contributed by atoms with E-state index in [0.29, 0.717) is 12.3 Å². The van der Waals surface area contributed by atoms with Crippen LogP contribution >= 0.6 is 11.3 Å². The van der Waals surface area contributed by atoms with Gasteiger partial charge in [0.1, 0.15) is 11.4 Å². The Kier molecular flexibility index (Phi) is 5.55. The van der Waals surface area contributed by atoms with Gasteiger partial charge in [-0.2, -0.15) is 10.1 Å². The zero-order valence-electron chi connectivity index (χ0n) is 13.9. The van der Waals surface area contributed by atoms with Gasteiger partial charge in [0.05, 0.1) is 23.4 Å². The molecule has 8 heteroatoms. The lowest BCUT2D eigenvalue weighted by atomic mass is 10.2. The Morgan fingerprint density at radius 1 is 1.35 bits per heavy atom. The number of nitrogens with zero attached hydrogens (tertiary/aromatic N) is 2. The van der Waals surface area contributed by atoms with E-state index in [4.69, 9.17) is 4.74 Å². The predicted octanol–water partition coefficient (Wildman–Crippen LogP) is 2.66. The number of ether oxygens (including phenoxy) is 1. The van der Waals surface area contributed by atoms with Crippen molar-refractivity contribution in [3.05, 3.63) is 69.6 Å². The molecular formula is C18H16N4O3S. The third-order valence-corrected chi connectivity index (χ3v) is 4.24. The van der Waals surface area contributed by atoms with Crippen molar-refractivity contribution in [3.8, 4) is 16.3 Å². The van der Waals surface area contributed by atoms with Gasteiger partial charge in [0.2, 0.25) is 0 Å². The molecule has 26 heavy (non-hydrogen) atoms.